The lowest BCUT2D eigenvalue weighted by Gasteiger charge is -2.20. The number of aromatic nitrogens is 2. The molecule has 1 aliphatic carbocycles. The molecule has 40 heavy (non-hydrogen) atoms. The Labute approximate surface area is 244 Å². The van der Waals surface area contributed by atoms with E-state index in [-0.39, 0.29) is 23.9 Å². The van der Waals surface area contributed by atoms with Gasteiger partial charge in [0.15, 0.2) is 5.82 Å². The number of hydrogen-bond donors (Lipinski definition) is 1. The van der Waals surface area contributed by atoms with E-state index in [4.69, 9.17) is 27.7 Å². The third-order valence-electron chi connectivity index (χ3n) is 7.26. The monoisotopic (exact) mass is 600 g/mol. The number of hydrogen-bond acceptors (Lipinski definition) is 6. The SMILES string of the molecule is CCSc1ccc2c(c1)CCN2CC(=O)Nc1cc(Cl)c(C2(c3noc(-c4cc(F)ccc4F)n3)CC2)c(Cl)c1. The molecule has 11 heteroatoms. The van der Waals surface area contributed by atoms with Crippen LogP contribution < -0.4 is 10.2 Å². The minimum atomic E-state index is -0.712. The van der Waals surface area contributed by atoms with Crippen LogP contribution in [0, 0.1) is 11.6 Å². The number of nitrogens with one attached hydrogen (secondary N) is 1. The number of nitrogens with zero attached hydrogens (tertiary/aromatic N) is 3. The number of benzene rings is 3. The van der Waals surface area contributed by atoms with Gasteiger partial charge in [-0.2, -0.15) is 4.98 Å². The number of thioether (sulfide) groups is 1. The molecule has 0 atom stereocenters. The fourth-order valence-corrected chi connectivity index (χ4v) is 6.81. The summed E-state index contributed by atoms with van der Waals surface area (Å²) < 4.78 is 33.2. The summed E-state index contributed by atoms with van der Waals surface area (Å²) in [4.78, 5) is 20.6. The van der Waals surface area contributed by atoms with E-state index in [2.05, 4.69) is 45.5 Å². The summed E-state index contributed by atoms with van der Waals surface area (Å²) in [5.74, 6) is -0.287. The van der Waals surface area contributed by atoms with Crippen LogP contribution in [-0.2, 0) is 16.6 Å². The quantitative estimate of drug-likeness (QED) is 0.211. The van der Waals surface area contributed by atoms with E-state index in [0.717, 1.165) is 42.6 Å². The minimum Gasteiger partial charge on any atom is -0.362 e. The van der Waals surface area contributed by atoms with E-state index >= 15 is 0 Å². The predicted molar refractivity (Wildman–Crippen MR) is 154 cm³/mol. The molecule has 0 spiro atoms. The molecule has 1 N–H and O–H groups in total. The summed E-state index contributed by atoms with van der Waals surface area (Å²) in [7, 11) is 0. The van der Waals surface area contributed by atoms with Crippen molar-refractivity contribution in [2.45, 2.75) is 36.5 Å². The van der Waals surface area contributed by atoms with E-state index in [1.54, 1.807) is 23.9 Å². The average Bonchev–Trinajstić information content (AvgIpc) is 3.36. The Morgan fingerprint density at radius 2 is 1.90 bits per heavy atom. The Morgan fingerprint density at radius 3 is 2.62 bits per heavy atom. The predicted octanol–water partition coefficient (Wildman–Crippen LogP) is 7.51. The number of carbonyl (C=O) groups is 1. The zero-order chi connectivity index (χ0) is 28.0. The first-order chi connectivity index (χ1) is 19.3. The number of anilines is 2. The van der Waals surface area contributed by atoms with Gasteiger partial charge in [0.1, 0.15) is 11.6 Å². The van der Waals surface area contributed by atoms with Crippen LogP contribution in [0.15, 0.2) is 57.9 Å². The van der Waals surface area contributed by atoms with Crippen molar-refractivity contribution in [3.05, 3.63) is 87.2 Å². The Hall–Kier alpha value is -3.14. The van der Waals surface area contributed by atoms with Crippen molar-refractivity contribution in [3.63, 3.8) is 0 Å². The lowest BCUT2D eigenvalue weighted by molar-refractivity contribution is -0.115. The van der Waals surface area contributed by atoms with E-state index < -0.39 is 17.0 Å². The number of halogens is 4. The van der Waals surface area contributed by atoms with Gasteiger partial charge >= 0.3 is 0 Å². The lowest BCUT2D eigenvalue weighted by Crippen LogP contribution is -2.31. The molecule has 1 aliphatic heterocycles. The van der Waals surface area contributed by atoms with Crippen LogP contribution in [0.2, 0.25) is 10.0 Å². The topological polar surface area (TPSA) is 71.3 Å². The minimum absolute atomic E-state index is 0.120. The molecule has 206 valence electrons. The van der Waals surface area contributed by atoms with Gasteiger partial charge in [0.05, 0.1) is 17.5 Å². The number of rotatable bonds is 8. The molecule has 0 bridgehead atoms. The summed E-state index contributed by atoms with van der Waals surface area (Å²) >= 11 is 15.2. The van der Waals surface area contributed by atoms with Gasteiger partial charge in [-0.05, 0) is 79.1 Å². The van der Waals surface area contributed by atoms with Gasteiger partial charge in [0.25, 0.3) is 5.89 Å². The highest BCUT2D eigenvalue weighted by atomic mass is 35.5. The Kier molecular flexibility index (Phi) is 7.23. The molecular formula is C29H24Cl2F2N4O2S. The van der Waals surface area contributed by atoms with Gasteiger partial charge in [-0.15, -0.1) is 11.8 Å². The molecule has 3 aromatic carbocycles. The zero-order valence-corrected chi connectivity index (χ0v) is 23.8. The van der Waals surface area contributed by atoms with Crippen molar-refractivity contribution >= 4 is 52.2 Å². The van der Waals surface area contributed by atoms with E-state index in [1.165, 1.54) is 10.5 Å². The van der Waals surface area contributed by atoms with E-state index in [9.17, 15) is 13.6 Å². The summed E-state index contributed by atoms with van der Waals surface area (Å²) in [6, 6.07) is 12.7. The van der Waals surface area contributed by atoms with Crippen molar-refractivity contribution in [2.75, 3.05) is 29.1 Å². The highest BCUT2D eigenvalue weighted by molar-refractivity contribution is 7.99. The summed E-state index contributed by atoms with van der Waals surface area (Å²) in [6.07, 6.45) is 2.20. The van der Waals surface area contributed by atoms with E-state index in [1.807, 2.05) is 0 Å². The van der Waals surface area contributed by atoms with Gasteiger partial charge < -0.3 is 14.7 Å². The van der Waals surface area contributed by atoms with E-state index in [0.29, 0.717) is 40.0 Å². The van der Waals surface area contributed by atoms with Crippen LogP contribution in [0.5, 0.6) is 0 Å². The summed E-state index contributed by atoms with van der Waals surface area (Å²) in [5.41, 5.74) is 2.58. The fourth-order valence-electron chi connectivity index (χ4n) is 5.24. The number of carbonyl (C=O) groups excluding carboxylic acids is 1. The third-order valence-corrected chi connectivity index (χ3v) is 8.73. The second kappa shape index (κ2) is 10.7. The Balaban J connectivity index is 1.18. The lowest BCUT2D eigenvalue weighted by atomic mass is 9.94. The molecule has 1 saturated carbocycles. The molecule has 0 saturated heterocycles. The highest BCUT2D eigenvalue weighted by Gasteiger charge is 2.52. The second-order valence-electron chi connectivity index (χ2n) is 9.89. The molecule has 4 aromatic rings. The maximum atomic E-state index is 14.2. The van der Waals surface area contributed by atoms with Crippen LogP contribution in [-0.4, -0.2) is 34.9 Å². The van der Waals surface area contributed by atoms with Crippen LogP contribution in [0.4, 0.5) is 20.2 Å². The van der Waals surface area contributed by atoms with Crippen molar-refractivity contribution in [1.82, 2.24) is 10.1 Å². The smallest absolute Gasteiger partial charge is 0.261 e. The molecule has 2 aliphatic rings. The first-order valence-corrected chi connectivity index (χ1v) is 14.6. The van der Waals surface area contributed by atoms with Crippen LogP contribution >= 0.6 is 35.0 Å². The Morgan fingerprint density at radius 1 is 1.12 bits per heavy atom. The van der Waals surface area contributed by atoms with Crippen LogP contribution in [0.3, 0.4) is 0 Å². The van der Waals surface area contributed by atoms with Crippen molar-refractivity contribution in [3.8, 4) is 11.5 Å². The largest absolute Gasteiger partial charge is 0.362 e. The standard InChI is InChI=1S/C29H24Cl2F2N4O2S/c1-2-40-19-4-6-24-16(11-19)7-10-37(24)15-25(38)34-18-13-21(30)26(22(31)14-18)29(8-9-29)28-35-27(39-36-28)20-12-17(32)3-5-23(20)33/h3-6,11-14H,2,7-10,15H2,1H3,(H,34,38). The van der Waals surface area contributed by atoms with Gasteiger partial charge in [-0.25, -0.2) is 8.78 Å². The molecule has 0 unspecified atom stereocenters. The van der Waals surface area contributed by atoms with Crippen molar-refractivity contribution < 1.29 is 18.1 Å². The number of amides is 1. The van der Waals surface area contributed by atoms with Gasteiger partial charge in [-0.1, -0.05) is 35.3 Å². The molecule has 1 fully saturated rings. The normalized spacial score (nSPS) is 15.3. The highest BCUT2D eigenvalue weighted by Crippen LogP contribution is 2.57. The van der Waals surface area contributed by atoms with Crippen molar-refractivity contribution in [1.29, 1.82) is 0 Å². The number of fused-ring (bicyclic) bond motifs is 1. The molecule has 1 aromatic heterocycles. The molecule has 0 radical (unpaired) electrons. The second-order valence-corrected chi connectivity index (χ2v) is 12.0. The van der Waals surface area contributed by atoms with Gasteiger partial charge in [-0.3, -0.25) is 4.79 Å². The third kappa shape index (κ3) is 5.06. The van der Waals surface area contributed by atoms with Crippen LogP contribution in [0.1, 0.15) is 36.7 Å². The molecule has 6 nitrogen and oxygen atoms in total. The molecular weight excluding hydrogens is 577 g/mol. The van der Waals surface area contributed by atoms with Gasteiger partial charge in [0.2, 0.25) is 5.91 Å². The zero-order valence-electron chi connectivity index (χ0n) is 21.4. The maximum absolute atomic E-state index is 14.2. The average molecular weight is 602 g/mol. The molecule has 2 heterocycles. The maximum Gasteiger partial charge on any atom is 0.261 e. The van der Waals surface area contributed by atoms with Crippen LogP contribution in [0.25, 0.3) is 11.5 Å². The fraction of sp³-hybridized carbons (Fsp3) is 0.276. The van der Waals surface area contributed by atoms with Crippen molar-refractivity contribution in [2.24, 2.45) is 0 Å². The molecule has 6 rings (SSSR count). The summed E-state index contributed by atoms with van der Waals surface area (Å²) in [6.45, 7) is 3.11. The molecule has 1 amide bonds. The van der Waals surface area contributed by atoms with Gasteiger partial charge in [0, 0.05) is 38.4 Å². The summed E-state index contributed by atoms with van der Waals surface area (Å²) in [5, 5.41) is 7.64. The Bertz CT molecular complexity index is 1600. The first-order valence-electron chi connectivity index (χ1n) is 12.9. The first kappa shape index (κ1) is 27.1.